The monoisotopic (exact) mass is 263 g/mol. The molecule has 0 aliphatic heterocycles. The minimum absolute atomic E-state index is 0.130. The van der Waals surface area contributed by atoms with E-state index in [1.54, 1.807) is 18.2 Å². The largest absolute Gasteiger partial charge is 0.508 e. The Bertz CT molecular complexity index is 813. The highest BCUT2D eigenvalue weighted by atomic mass is 16.3. The summed E-state index contributed by atoms with van der Waals surface area (Å²) in [4.78, 5) is 0. The molecular weight excluding hydrogens is 250 g/mol. The molecule has 4 nitrogen and oxygen atoms in total. The molecule has 1 aromatic heterocycles. The lowest BCUT2D eigenvalue weighted by Gasteiger charge is -2.08. The number of phenols is 1. The van der Waals surface area contributed by atoms with E-state index in [4.69, 9.17) is 5.73 Å². The average molecular weight is 263 g/mol. The normalized spacial score (nSPS) is 10.6. The number of aromatic hydroxyl groups is 1. The number of hydrogen-bond donors (Lipinski definition) is 2. The summed E-state index contributed by atoms with van der Waals surface area (Å²) in [6.45, 7) is 0.593. The molecule has 3 rings (SSSR count). The molecule has 0 atom stereocenters. The Kier molecular flexibility index (Phi) is 2.81. The van der Waals surface area contributed by atoms with Crippen molar-refractivity contribution >= 4 is 16.7 Å². The first kappa shape index (κ1) is 12.1. The van der Waals surface area contributed by atoms with Crippen LogP contribution in [0, 0.1) is 11.3 Å². The molecule has 2 aromatic carbocycles. The predicted molar refractivity (Wildman–Crippen MR) is 78.3 cm³/mol. The second kappa shape index (κ2) is 4.63. The Morgan fingerprint density at radius 3 is 2.60 bits per heavy atom. The molecule has 4 heteroatoms. The van der Waals surface area contributed by atoms with Gasteiger partial charge in [-0.05, 0) is 23.8 Å². The first-order valence-electron chi connectivity index (χ1n) is 6.25. The fraction of sp³-hybridized carbons (Fsp3) is 0.0625. The van der Waals surface area contributed by atoms with Crippen LogP contribution in [0.5, 0.6) is 5.75 Å². The van der Waals surface area contributed by atoms with Gasteiger partial charge in [0.1, 0.15) is 23.2 Å². The van der Waals surface area contributed by atoms with Crippen LogP contribution in [0.1, 0.15) is 11.1 Å². The fourth-order valence-electron chi connectivity index (χ4n) is 2.42. The molecule has 0 amide bonds. The lowest BCUT2D eigenvalue weighted by molar-refractivity contribution is 0.476. The van der Waals surface area contributed by atoms with Gasteiger partial charge in [-0.15, -0.1) is 0 Å². The van der Waals surface area contributed by atoms with Gasteiger partial charge in [0, 0.05) is 11.9 Å². The van der Waals surface area contributed by atoms with Crippen LogP contribution >= 0.6 is 0 Å². The van der Waals surface area contributed by atoms with Gasteiger partial charge in [0.15, 0.2) is 0 Å². The van der Waals surface area contributed by atoms with Crippen LogP contribution in [0.25, 0.3) is 10.9 Å². The second-order valence-electron chi connectivity index (χ2n) is 4.65. The van der Waals surface area contributed by atoms with Gasteiger partial charge in [-0.3, -0.25) is 0 Å². The molecule has 1 heterocycles. The van der Waals surface area contributed by atoms with E-state index in [0.29, 0.717) is 23.3 Å². The number of nitrogens with zero attached hydrogens (tertiary/aromatic N) is 2. The SMILES string of the molecule is N#Cc1c(N)n(Cc2ccccc2)c2ccc(O)cc12. The highest BCUT2D eigenvalue weighted by Crippen LogP contribution is 2.31. The maximum atomic E-state index is 9.58. The number of rotatable bonds is 2. The summed E-state index contributed by atoms with van der Waals surface area (Å²) in [6.07, 6.45) is 0. The minimum atomic E-state index is 0.130. The van der Waals surface area contributed by atoms with E-state index >= 15 is 0 Å². The first-order valence-corrected chi connectivity index (χ1v) is 6.25. The van der Waals surface area contributed by atoms with E-state index in [9.17, 15) is 10.4 Å². The summed E-state index contributed by atoms with van der Waals surface area (Å²) in [5, 5.41) is 19.5. The van der Waals surface area contributed by atoms with E-state index in [1.807, 2.05) is 34.9 Å². The molecule has 3 N–H and O–H groups in total. The Balaban J connectivity index is 2.21. The molecule has 0 spiro atoms. The molecule has 20 heavy (non-hydrogen) atoms. The lowest BCUT2D eigenvalue weighted by atomic mass is 10.2. The Hall–Kier alpha value is -2.93. The van der Waals surface area contributed by atoms with Gasteiger partial charge in [0.05, 0.1) is 5.52 Å². The quantitative estimate of drug-likeness (QED) is 0.746. The first-order chi connectivity index (χ1) is 9.70. The van der Waals surface area contributed by atoms with Crippen LogP contribution in [0.3, 0.4) is 0 Å². The Morgan fingerprint density at radius 1 is 1.15 bits per heavy atom. The van der Waals surface area contributed by atoms with Crippen LogP contribution in [0.4, 0.5) is 5.82 Å². The third-order valence-corrected chi connectivity index (χ3v) is 3.38. The zero-order chi connectivity index (χ0) is 14.1. The smallest absolute Gasteiger partial charge is 0.122 e. The summed E-state index contributed by atoms with van der Waals surface area (Å²) in [7, 11) is 0. The van der Waals surface area contributed by atoms with Crippen molar-refractivity contribution in [1.29, 1.82) is 5.26 Å². The molecular formula is C16H13N3O. The molecule has 0 bridgehead atoms. The zero-order valence-corrected chi connectivity index (χ0v) is 10.7. The maximum Gasteiger partial charge on any atom is 0.122 e. The van der Waals surface area contributed by atoms with Gasteiger partial charge in [-0.2, -0.15) is 5.26 Å². The van der Waals surface area contributed by atoms with Gasteiger partial charge in [0.25, 0.3) is 0 Å². The Morgan fingerprint density at radius 2 is 1.90 bits per heavy atom. The molecule has 3 aromatic rings. The van der Waals surface area contributed by atoms with Crippen molar-refractivity contribution in [2.45, 2.75) is 6.54 Å². The number of nitriles is 1. The molecule has 0 aliphatic carbocycles. The van der Waals surface area contributed by atoms with Crippen molar-refractivity contribution in [1.82, 2.24) is 4.57 Å². The number of aromatic nitrogens is 1. The van der Waals surface area contributed by atoms with Crippen LogP contribution in [-0.4, -0.2) is 9.67 Å². The van der Waals surface area contributed by atoms with Crippen molar-refractivity contribution in [2.75, 3.05) is 5.73 Å². The molecule has 0 saturated carbocycles. The second-order valence-corrected chi connectivity index (χ2v) is 4.65. The van der Waals surface area contributed by atoms with Crippen molar-refractivity contribution in [2.24, 2.45) is 0 Å². The van der Waals surface area contributed by atoms with Crippen LogP contribution in [-0.2, 0) is 6.54 Å². The molecule has 0 aliphatic rings. The van der Waals surface area contributed by atoms with E-state index in [-0.39, 0.29) is 5.75 Å². The topological polar surface area (TPSA) is 75.0 Å². The summed E-state index contributed by atoms with van der Waals surface area (Å²) in [5.74, 6) is 0.558. The molecule has 98 valence electrons. The van der Waals surface area contributed by atoms with Gasteiger partial charge in [0.2, 0.25) is 0 Å². The number of nitrogens with two attached hydrogens (primary N) is 1. The summed E-state index contributed by atoms with van der Waals surface area (Å²) in [5.41, 5.74) is 8.45. The summed E-state index contributed by atoms with van der Waals surface area (Å²) < 4.78 is 1.89. The molecule has 0 fully saturated rings. The van der Waals surface area contributed by atoms with Crippen LogP contribution < -0.4 is 5.73 Å². The standard InChI is InChI=1S/C16H13N3O/c17-9-14-13-8-12(20)6-7-15(13)19(16(14)18)10-11-4-2-1-3-5-11/h1-8,20H,10,18H2. The molecule has 0 radical (unpaired) electrons. The lowest BCUT2D eigenvalue weighted by Crippen LogP contribution is -2.04. The fourth-order valence-corrected chi connectivity index (χ4v) is 2.42. The van der Waals surface area contributed by atoms with E-state index in [1.165, 1.54) is 0 Å². The maximum absolute atomic E-state index is 9.58. The highest BCUT2D eigenvalue weighted by molar-refractivity contribution is 5.93. The predicted octanol–water partition coefficient (Wildman–Crippen LogP) is 2.85. The Labute approximate surface area is 116 Å². The van der Waals surface area contributed by atoms with Crippen LogP contribution in [0.15, 0.2) is 48.5 Å². The van der Waals surface area contributed by atoms with Gasteiger partial charge in [-0.1, -0.05) is 30.3 Å². The van der Waals surface area contributed by atoms with Crippen molar-refractivity contribution in [3.05, 3.63) is 59.7 Å². The molecule has 0 saturated heterocycles. The average Bonchev–Trinajstić information content (AvgIpc) is 2.71. The third kappa shape index (κ3) is 1.86. The number of fused-ring (bicyclic) bond motifs is 1. The van der Waals surface area contributed by atoms with E-state index in [0.717, 1.165) is 11.1 Å². The summed E-state index contributed by atoms with van der Waals surface area (Å²) in [6, 6.07) is 17.0. The number of nitrogen functional groups attached to an aromatic ring is 1. The van der Waals surface area contributed by atoms with E-state index < -0.39 is 0 Å². The third-order valence-electron chi connectivity index (χ3n) is 3.38. The zero-order valence-electron chi connectivity index (χ0n) is 10.7. The number of phenolic OH excluding ortho intramolecular Hbond substituents is 1. The molecule has 0 unspecified atom stereocenters. The van der Waals surface area contributed by atoms with E-state index in [2.05, 4.69) is 6.07 Å². The van der Waals surface area contributed by atoms with Crippen molar-refractivity contribution < 1.29 is 5.11 Å². The summed E-state index contributed by atoms with van der Waals surface area (Å²) >= 11 is 0. The number of anilines is 1. The highest BCUT2D eigenvalue weighted by Gasteiger charge is 2.15. The van der Waals surface area contributed by atoms with Gasteiger partial charge < -0.3 is 15.4 Å². The number of hydrogen-bond acceptors (Lipinski definition) is 3. The van der Waals surface area contributed by atoms with Crippen molar-refractivity contribution in [3.63, 3.8) is 0 Å². The van der Waals surface area contributed by atoms with Gasteiger partial charge in [-0.25, -0.2) is 0 Å². The van der Waals surface area contributed by atoms with Crippen LogP contribution in [0.2, 0.25) is 0 Å². The number of benzene rings is 2. The van der Waals surface area contributed by atoms with Crippen molar-refractivity contribution in [3.8, 4) is 11.8 Å². The minimum Gasteiger partial charge on any atom is -0.508 e. The van der Waals surface area contributed by atoms with Gasteiger partial charge >= 0.3 is 0 Å².